The third kappa shape index (κ3) is 3.03. The Bertz CT molecular complexity index is 1160. The number of carbonyl (C=O) groups excluding carboxylic acids is 2. The van der Waals surface area contributed by atoms with Crippen molar-refractivity contribution in [3.8, 4) is 11.4 Å². The molecule has 3 heterocycles. The Labute approximate surface area is 175 Å². The van der Waals surface area contributed by atoms with Gasteiger partial charge in [-0.15, -0.1) is 0 Å². The van der Waals surface area contributed by atoms with Gasteiger partial charge in [-0.2, -0.15) is 10.1 Å². The number of benzene rings is 2. The number of rotatable bonds is 4. The maximum absolute atomic E-state index is 13.0. The fourth-order valence-electron chi connectivity index (χ4n) is 3.48. The van der Waals surface area contributed by atoms with Gasteiger partial charge in [-0.1, -0.05) is 39.7 Å². The van der Waals surface area contributed by atoms with Crippen molar-refractivity contribution in [2.75, 3.05) is 4.90 Å². The van der Waals surface area contributed by atoms with Gasteiger partial charge in [-0.3, -0.25) is 14.6 Å². The molecule has 2 unspecified atom stereocenters. The minimum atomic E-state index is -0.877. The maximum Gasteiger partial charge on any atom is 0.263 e. The van der Waals surface area contributed by atoms with Crippen molar-refractivity contribution in [1.82, 2.24) is 15.1 Å². The van der Waals surface area contributed by atoms with Crippen LogP contribution in [-0.4, -0.2) is 39.0 Å². The molecule has 9 nitrogen and oxygen atoms in total. The van der Waals surface area contributed by atoms with Gasteiger partial charge in [0.2, 0.25) is 11.7 Å². The van der Waals surface area contributed by atoms with Crippen LogP contribution in [-0.2, 0) is 16.1 Å². The third-order valence-corrected chi connectivity index (χ3v) is 5.27. The van der Waals surface area contributed by atoms with Crippen molar-refractivity contribution in [2.45, 2.75) is 25.6 Å². The van der Waals surface area contributed by atoms with E-state index in [9.17, 15) is 9.59 Å². The summed E-state index contributed by atoms with van der Waals surface area (Å²) >= 11 is 5.90. The van der Waals surface area contributed by atoms with Crippen molar-refractivity contribution in [3.63, 3.8) is 0 Å². The molecule has 1 fully saturated rings. The summed E-state index contributed by atoms with van der Waals surface area (Å²) in [6.45, 7) is 2.00. The van der Waals surface area contributed by atoms with E-state index in [1.165, 1.54) is 5.01 Å². The molecule has 2 aliphatic heterocycles. The van der Waals surface area contributed by atoms with E-state index in [0.29, 0.717) is 16.5 Å². The molecule has 2 amide bonds. The predicted molar refractivity (Wildman–Crippen MR) is 106 cm³/mol. The third-order valence-electron chi connectivity index (χ3n) is 5.02. The van der Waals surface area contributed by atoms with Crippen LogP contribution in [0.3, 0.4) is 0 Å². The highest BCUT2D eigenvalue weighted by Crippen LogP contribution is 2.33. The minimum Gasteiger partial charge on any atom is -0.337 e. The van der Waals surface area contributed by atoms with Crippen LogP contribution < -0.4 is 4.90 Å². The van der Waals surface area contributed by atoms with E-state index < -0.39 is 18.0 Å². The molecule has 150 valence electrons. The van der Waals surface area contributed by atoms with E-state index >= 15 is 0 Å². The molecule has 30 heavy (non-hydrogen) atoms. The Balaban J connectivity index is 1.36. The maximum atomic E-state index is 13.0. The molecule has 1 aromatic heterocycles. The average Bonchev–Trinajstić information content (AvgIpc) is 3.43. The van der Waals surface area contributed by atoms with Crippen molar-refractivity contribution in [1.29, 1.82) is 0 Å². The molecule has 0 spiro atoms. The van der Waals surface area contributed by atoms with Crippen LogP contribution >= 0.6 is 11.6 Å². The predicted octanol–water partition coefficient (Wildman–Crippen LogP) is 3.19. The molecule has 0 aliphatic carbocycles. The van der Waals surface area contributed by atoms with Crippen LogP contribution in [0.2, 0.25) is 5.02 Å². The van der Waals surface area contributed by atoms with Crippen LogP contribution in [0.25, 0.3) is 11.4 Å². The Morgan fingerprint density at radius 2 is 1.77 bits per heavy atom. The normalized spacial score (nSPS) is 20.3. The van der Waals surface area contributed by atoms with Gasteiger partial charge in [0, 0.05) is 10.6 Å². The molecule has 2 aromatic carbocycles. The zero-order chi connectivity index (χ0) is 20.8. The first-order chi connectivity index (χ1) is 14.5. The highest BCUT2D eigenvalue weighted by Gasteiger charge is 2.55. The molecule has 1 saturated heterocycles. The van der Waals surface area contributed by atoms with Gasteiger partial charge >= 0.3 is 0 Å². The molecule has 5 rings (SSSR count). The summed E-state index contributed by atoms with van der Waals surface area (Å²) in [5.74, 6) is -0.123. The van der Waals surface area contributed by atoms with Gasteiger partial charge < -0.3 is 4.52 Å². The Kier molecular flexibility index (Phi) is 4.32. The van der Waals surface area contributed by atoms with Crippen LogP contribution in [0.5, 0.6) is 0 Å². The number of aryl methyl sites for hydroxylation is 1. The number of hydrogen-bond donors (Lipinski definition) is 0. The Hall–Kier alpha value is -3.59. The summed E-state index contributed by atoms with van der Waals surface area (Å²) in [6, 6.07) is 12.5. The largest absolute Gasteiger partial charge is 0.337 e. The molecule has 0 bridgehead atoms. The number of hydrogen-bond acceptors (Lipinski definition) is 8. The standard InChI is InChI=1S/C20H15ClN6O3/c1-11-2-8-14(9-3-11)27-19(28)16-17(20(27)29)26(25-23-16)10-15-22-18(24-30-15)12-4-6-13(21)7-5-12/h2-9,16-17H,10H2,1H3. The molecular formula is C20H15ClN6O3. The number of nitrogens with zero attached hydrogens (tertiary/aromatic N) is 6. The highest BCUT2D eigenvalue weighted by molar-refractivity contribution is 6.30. The van der Waals surface area contributed by atoms with E-state index in [0.717, 1.165) is 16.0 Å². The number of carbonyl (C=O) groups is 2. The first-order valence-electron chi connectivity index (χ1n) is 9.22. The topological polar surface area (TPSA) is 104 Å². The monoisotopic (exact) mass is 422 g/mol. The van der Waals surface area contributed by atoms with Gasteiger partial charge in [0.15, 0.2) is 12.1 Å². The molecule has 0 N–H and O–H groups in total. The fraction of sp³-hybridized carbons (Fsp3) is 0.200. The van der Waals surface area contributed by atoms with Crippen LogP contribution in [0, 0.1) is 6.92 Å². The van der Waals surface area contributed by atoms with Crippen molar-refractivity contribution >= 4 is 29.1 Å². The quantitative estimate of drug-likeness (QED) is 0.598. The van der Waals surface area contributed by atoms with Crippen LogP contribution in [0.15, 0.2) is 63.4 Å². The summed E-state index contributed by atoms with van der Waals surface area (Å²) in [6.07, 6.45) is 0. The molecule has 3 aromatic rings. The number of fused-ring (bicyclic) bond motifs is 1. The average molecular weight is 423 g/mol. The summed E-state index contributed by atoms with van der Waals surface area (Å²) in [7, 11) is 0. The summed E-state index contributed by atoms with van der Waals surface area (Å²) in [5, 5.41) is 14.0. The van der Waals surface area contributed by atoms with Gasteiger partial charge in [0.05, 0.1) is 5.69 Å². The Morgan fingerprint density at radius 1 is 1.03 bits per heavy atom. The smallest absolute Gasteiger partial charge is 0.263 e. The molecule has 2 atom stereocenters. The zero-order valence-corrected chi connectivity index (χ0v) is 16.5. The van der Waals surface area contributed by atoms with E-state index in [4.69, 9.17) is 16.1 Å². The zero-order valence-electron chi connectivity index (χ0n) is 15.8. The second-order valence-electron chi connectivity index (χ2n) is 7.06. The van der Waals surface area contributed by atoms with Crippen LogP contribution in [0.1, 0.15) is 11.5 Å². The summed E-state index contributed by atoms with van der Waals surface area (Å²) < 4.78 is 5.30. The summed E-state index contributed by atoms with van der Waals surface area (Å²) in [4.78, 5) is 31.3. The lowest BCUT2D eigenvalue weighted by molar-refractivity contribution is -0.123. The van der Waals surface area contributed by atoms with Gasteiger partial charge in [0.25, 0.3) is 11.8 Å². The molecule has 2 aliphatic rings. The lowest BCUT2D eigenvalue weighted by Crippen LogP contribution is -2.39. The van der Waals surface area contributed by atoms with Crippen LogP contribution in [0.4, 0.5) is 5.69 Å². The van der Waals surface area contributed by atoms with E-state index in [1.54, 1.807) is 36.4 Å². The van der Waals surface area contributed by atoms with Gasteiger partial charge in [-0.05, 0) is 43.3 Å². The van der Waals surface area contributed by atoms with Crippen molar-refractivity contribution < 1.29 is 14.1 Å². The van der Waals surface area contributed by atoms with Crippen molar-refractivity contribution in [2.24, 2.45) is 10.3 Å². The Morgan fingerprint density at radius 3 is 2.50 bits per heavy atom. The van der Waals surface area contributed by atoms with E-state index in [2.05, 4.69) is 20.5 Å². The SMILES string of the molecule is Cc1ccc(N2C(=O)C3N=NN(Cc4nc(-c5ccc(Cl)cc5)no4)C3C2=O)cc1. The first-order valence-corrected chi connectivity index (χ1v) is 9.59. The molecule has 0 saturated carbocycles. The lowest BCUT2D eigenvalue weighted by Gasteiger charge is -2.19. The molecular weight excluding hydrogens is 408 g/mol. The highest BCUT2D eigenvalue weighted by atomic mass is 35.5. The summed E-state index contributed by atoms with van der Waals surface area (Å²) in [5.41, 5.74) is 2.29. The fourth-order valence-corrected chi connectivity index (χ4v) is 3.60. The number of aromatic nitrogens is 2. The number of amides is 2. The number of halogens is 1. The lowest BCUT2D eigenvalue weighted by atomic mass is 10.1. The van der Waals surface area contributed by atoms with E-state index in [-0.39, 0.29) is 18.3 Å². The van der Waals surface area contributed by atoms with E-state index in [1.807, 2.05) is 19.1 Å². The van der Waals surface area contributed by atoms with Crippen molar-refractivity contribution in [3.05, 3.63) is 65.0 Å². The second kappa shape index (κ2) is 7.03. The number of anilines is 1. The number of imide groups is 1. The first kappa shape index (κ1) is 18.4. The molecule has 0 radical (unpaired) electrons. The second-order valence-corrected chi connectivity index (χ2v) is 7.49. The minimum absolute atomic E-state index is 0.0615. The van der Waals surface area contributed by atoms with Gasteiger partial charge in [-0.25, -0.2) is 4.90 Å². The molecule has 10 heteroatoms. The van der Waals surface area contributed by atoms with Gasteiger partial charge in [0.1, 0.15) is 6.54 Å².